The third-order valence-corrected chi connectivity index (χ3v) is 6.53. The Hall–Kier alpha value is -1.78. The van der Waals surface area contributed by atoms with Crippen molar-refractivity contribution in [2.75, 3.05) is 32.7 Å². The second-order valence-electron chi connectivity index (χ2n) is 8.25. The van der Waals surface area contributed by atoms with Crippen LogP contribution >= 0.6 is 0 Å². The highest BCUT2D eigenvalue weighted by Gasteiger charge is 2.36. The number of hydrogen-bond acceptors (Lipinski definition) is 0. The highest BCUT2D eigenvalue weighted by molar-refractivity contribution is 5.32. The van der Waals surface area contributed by atoms with E-state index in [9.17, 15) is 8.78 Å². The minimum Gasteiger partial charge on any atom is -0.325 e. The number of piperazine rings is 1. The van der Waals surface area contributed by atoms with E-state index in [1.165, 1.54) is 69.8 Å². The van der Waals surface area contributed by atoms with Gasteiger partial charge in [0.1, 0.15) is 37.3 Å². The lowest BCUT2D eigenvalue weighted by molar-refractivity contribution is -1.02. The highest BCUT2D eigenvalue weighted by Crippen LogP contribution is 2.29. The molecule has 2 nitrogen and oxygen atoms in total. The third-order valence-electron chi connectivity index (χ3n) is 6.53. The fraction of sp³-hybridized carbons (Fsp3) is 0.478. The number of nitrogens with one attached hydrogen (secondary N) is 2. The molecule has 4 rings (SSSR count). The van der Waals surface area contributed by atoms with Crippen molar-refractivity contribution in [3.8, 4) is 0 Å². The van der Waals surface area contributed by atoms with Gasteiger partial charge in [0.2, 0.25) is 0 Å². The Morgan fingerprint density at radius 3 is 2.11 bits per heavy atom. The summed E-state index contributed by atoms with van der Waals surface area (Å²) in [4.78, 5) is 3.57. The molecule has 4 heteroatoms. The number of rotatable bonds is 6. The molecule has 144 valence electrons. The number of fused-ring (bicyclic) bond motifs is 1. The normalized spacial score (nSPS) is 24.9. The zero-order valence-corrected chi connectivity index (χ0v) is 15.9. The predicted octanol–water partition coefficient (Wildman–Crippen LogP) is 1.82. The van der Waals surface area contributed by atoms with Crippen LogP contribution in [-0.2, 0) is 0 Å². The minimum atomic E-state index is -0.210. The Labute approximate surface area is 160 Å². The minimum absolute atomic E-state index is 0.198. The molecule has 2 unspecified atom stereocenters. The third kappa shape index (κ3) is 4.56. The molecule has 0 aliphatic carbocycles. The summed E-state index contributed by atoms with van der Waals surface area (Å²) in [6.45, 7) is 6.48. The topological polar surface area (TPSA) is 8.88 Å². The van der Waals surface area contributed by atoms with Crippen LogP contribution in [0.2, 0.25) is 0 Å². The molecule has 2 aromatic rings. The molecule has 0 radical (unpaired) electrons. The van der Waals surface area contributed by atoms with Gasteiger partial charge in [-0.1, -0.05) is 24.3 Å². The molecule has 3 atom stereocenters. The van der Waals surface area contributed by atoms with Crippen molar-refractivity contribution in [2.45, 2.75) is 37.6 Å². The van der Waals surface area contributed by atoms with Crippen molar-refractivity contribution in [3.05, 3.63) is 71.3 Å². The molecule has 27 heavy (non-hydrogen) atoms. The second-order valence-corrected chi connectivity index (χ2v) is 8.25. The van der Waals surface area contributed by atoms with E-state index in [0.29, 0.717) is 0 Å². The second kappa shape index (κ2) is 8.49. The highest BCUT2D eigenvalue weighted by atomic mass is 19.1. The van der Waals surface area contributed by atoms with Gasteiger partial charge < -0.3 is 9.80 Å². The van der Waals surface area contributed by atoms with Gasteiger partial charge in [0.15, 0.2) is 0 Å². The number of quaternary nitrogens is 2. The van der Waals surface area contributed by atoms with Gasteiger partial charge in [-0.15, -0.1) is 0 Å². The first-order chi connectivity index (χ1) is 13.2. The lowest BCUT2D eigenvalue weighted by Crippen LogP contribution is -3.29. The molecule has 0 aromatic heterocycles. The van der Waals surface area contributed by atoms with Crippen LogP contribution in [-0.4, -0.2) is 38.8 Å². The molecule has 2 heterocycles. The lowest BCUT2D eigenvalue weighted by atomic mass is 9.87. The zero-order chi connectivity index (χ0) is 18.6. The maximum absolute atomic E-state index is 13.4. The SMILES string of the molecule is Fc1ccc(C(CCC[NH+]2CC[NH+]3CCC[C@H]3C2)c2ccc(F)cc2)cc1. The monoisotopic (exact) mass is 372 g/mol. The van der Waals surface area contributed by atoms with Crippen LogP contribution in [0, 0.1) is 11.6 Å². The van der Waals surface area contributed by atoms with Crippen LogP contribution in [0.15, 0.2) is 48.5 Å². The molecule has 2 aliphatic rings. The molecule has 0 bridgehead atoms. The summed E-state index contributed by atoms with van der Waals surface area (Å²) in [5, 5.41) is 0. The molecule has 2 N–H and O–H groups in total. The molecular formula is C23H30F2N2+2. The Balaban J connectivity index is 1.40. The van der Waals surface area contributed by atoms with Crippen molar-refractivity contribution in [1.82, 2.24) is 0 Å². The molecular weight excluding hydrogens is 342 g/mol. The predicted molar refractivity (Wildman–Crippen MR) is 103 cm³/mol. The Kier molecular flexibility index (Phi) is 5.84. The molecule has 0 saturated carbocycles. The van der Waals surface area contributed by atoms with Crippen LogP contribution in [0.5, 0.6) is 0 Å². The van der Waals surface area contributed by atoms with Gasteiger partial charge in [-0.25, -0.2) is 8.78 Å². The van der Waals surface area contributed by atoms with E-state index in [1.807, 2.05) is 29.2 Å². The summed E-state index contributed by atoms with van der Waals surface area (Å²) in [5.41, 5.74) is 2.23. The van der Waals surface area contributed by atoms with Crippen LogP contribution in [0.25, 0.3) is 0 Å². The summed E-state index contributed by atoms with van der Waals surface area (Å²) in [7, 11) is 0. The fourth-order valence-corrected chi connectivity index (χ4v) is 5.05. The largest absolute Gasteiger partial charge is 0.325 e. The maximum Gasteiger partial charge on any atom is 0.137 e. The van der Waals surface area contributed by atoms with E-state index in [2.05, 4.69) is 0 Å². The molecule has 2 fully saturated rings. The number of hydrogen-bond donors (Lipinski definition) is 2. The van der Waals surface area contributed by atoms with Crippen LogP contribution < -0.4 is 9.80 Å². The Morgan fingerprint density at radius 2 is 1.48 bits per heavy atom. The van der Waals surface area contributed by atoms with Crippen molar-refractivity contribution in [3.63, 3.8) is 0 Å². The smallest absolute Gasteiger partial charge is 0.137 e. The average molecular weight is 373 g/mol. The summed E-state index contributed by atoms with van der Waals surface area (Å²) >= 11 is 0. The van der Waals surface area contributed by atoms with Crippen molar-refractivity contribution in [2.24, 2.45) is 0 Å². The van der Waals surface area contributed by atoms with Gasteiger partial charge in [0.25, 0.3) is 0 Å². The summed E-state index contributed by atoms with van der Waals surface area (Å²) in [5.74, 6) is -0.222. The number of halogens is 2. The first-order valence-corrected chi connectivity index (χ1v) is 10.4. The zero-order valence-electron chi connectivity index (χ0n) is 15.9. The Morgan fingerprint density at radius 1 is 0.852 bits per heavy atom. The fourth-order valence-electron chi connectivity index (χ4n) is 5.05. The van der Waals surface area contributed by atoms with Crippen molar-refractivity contribution >= 4 is 0 Å². The van der Waals surface area contributed by atoms with Gasteiger partial charge in [-0.3, -0.25) is 0 Å². The van der Waals surface area contributed by atoms with E-state index < -0.39 is 0 Å². The van der Waals surface area contributed by atoms with Crippen LogP contribution in [0.4, 0.5) is 8.78 Å². The summed E-state index contributed by atoms with van der Waals surface area (Å²) in [6.07, 6.45) is 4.94. The van der Waals surface area contributed by atoms with E-state index in [4.69, 9.17) is 0 Å². The van der Waals surface area contributed by atoms with Crippen LogP contribution in [0.1, 0.15) is 42.7 Å². The van der Waals surface area contributed by atoms with E-state index in [0.717, 1.165) is 30.0 Å². The van der Waals surface area contributed by atoms with Crippen molar-refractivity contribution in [1.29, 1.82) is 0 Å². The molecule has 2 saturated heterocycles. The Bertz CT molecular complexity index is 684. The van der Waals surface area contributed by atoms with Crippen LogP contribution in [0.3, 0.4) is 0 Å². The number of benzene rings is 2. The van der Waals surface area contributed by atoms with E-state index in [1.54, 1.807) is 4.90 Å². The first kappa shape index (κ1) is 18.6. The summed E-state index contributed by atoms with van der Waals surface area (Å²) < 4.78 is 26.7. The van der Waals surface area contributed by atoms with Gasteiger partial charge in [0.05, 0.1) is 13.1 Å². The summed E-state index contributed by atoms with van der Waals surface area (Å²) in [6, 6.07) is 14.5. The van der Waals surface area contributed by atoms with Gasteiger partial charge >= 0.3 is 0 Å². The van der Waals surface area contributed by atoms with E-state index in [-0.39, 0.29) is 17.6 Å². The molecule has 0 amide bonds. The lowest BCUT2D eigenvalue weighted by Gasteiger charge is -2.32. The standard InChI is InChI=1S/C23H28F2N2/c24-20-9-5-18(6-10-20)23(19-7-11-21(25)12-8-19)4-2-13-26-15-16-27-14-1-3-22(27)17-26/h5-12,22-23H,1-4,13-17H2/p+2/t22-/m0/s1. The maximum atomic E-state index is 13.4. The van der Waals surface area contributed by atoms with Gasteiger partial charge in [-0.2, -0.15) is 0 Å². The first-order valence-electron chi connectivity index (χ1n) is 10.4. The van der Waals surface area contributed by atoms with Gasteiger partial charge in [0, 0.05) is 18.8 Å². The molecule has 2 aromatic carbocycles. The average Bonchev–Trinajstić information content (AvgIpc) is 3.15. The quantitative estimate of drug-likeness (QED) is 0.766. The van der Waals surface area contributed by atoms with E-state index >= 15 is 0 Å². The van der Waals surface area contributed by atoms with Crippen molar-refractivity contribution < 1.29 is 18.6 Å². The molecule has 0 spiro atoms. The van der Waals surface area contributed by atoms with Gasteiger partial charge in [-0.05, 0) is 48.2 Å². The molecule has 2 aliphatic heterocycles.